The number of para-hydroxylation sites is 1. The molecule has 0 aliphatic heterocycles. The Labute approximate surface area is 248 Å². The van der Waals surface area contributed by atoms with E-state index in [9.17, 15) is 0 Å². The summed E-state index contributed by atoms with van der Waals surface area (Å²) in [5.74, 6) is 0. The maximum atomic E-state index is 6.35. The lowest BCUT2D eigenvalue weighted by Crippen LogP contribution is -1.85. The van der Waals surface area contributed by atoms with Gasteiger partial charge in [0.25, 0.3) is 0 Å². The van der Waals surface area contributed by atoms with Gasteiger partial charge in [-0.25, -0.2) is 0 Å². The molecule has 0 saturated heterocycles. The molecule has 1 nitrogen and oxygen atoms in total. The number of benzene rings is 8. The van der Waals surface area contributed by atoms with Crippen LogP contribution in [0, 0.1) is 0 Å². The largest absolute Gasteiger partial charge is 0.455 e. The van der Waals surface area contributed by atoms with E-state index in [0.29, 0.717) is 0 Å². The van der Waals surface area contributed by atoms with Crippen molar-refractivity contribution in [1.29, 1.82) is 0 Å². The van der Waals surface area contributed by atoms with Crippen molar-refractivity contribution in [3.63, 3.8) is 0 Å². The molecule has 0 unspecified atom stereocenters. The van der Waals surface area contributed by atoms with E-state index in [4.69, 9.17) is 4.42 Å². The van der Waals surface area contributed by atoms with Gasteiger partial charge in [0.2, 0.25) is 0 Å². The minimum Gasteiger partial charge on any atom is -0.455 e. The van der Waals surface area contributed by atoms with Crippen molar-refractivity contribution < 1.29 is 4.42 Å². The van der Waals surface area contributed by atoms with Gasteiger partial charge in [-0.15, -0.1) is 0 Å². The third-order valence-electron chi connectivity index (χ3n) is 9.37. The predicted octanol–water partition coefficient (Wildman–Crippen LogP) is 12.0. The minimum absolute atomic E-state index is 0.932. The normalized spacial score (nSPS) is 12.2. The highest BCUT2D eigenvalue weighted by atomic mass is 16.3. The number of fused-ring (bicyclic) bond motifs is 9. The van der Waals surface area contributed by atoms with Crippen LogP contribution in [-0.2, 0) is 0 Å². The lowest BCUT2D eigenvalue weighted by atomic mass is 9.93. The van der Waals surface area contributed by atoms with Gasteiger partial charge in [0.1, 0.15) is 11.2 Å². The Balaban J connectivity index is 1.10. The molecule has 1 heterocycles. The fraction of sp³-hybridized carbons (Fsp3) is 0. The second kappa shape index (κ2) is 8.44. The first-order chi connectivity index (χ1) is 21.3. The van der Waals surface area contributed by atoms with Crippen molar-refractivity contribution in [1.82, 2.24) is 0 Å². The first kappa shape index (κ1) is 23.0. The van der Waals surface area contributed by atoms with E-state index < -0.39 is 0 Å². The summed E-state index contributed by atoms with van der Waals surface area (Å²) in [5, 5.41) is 9.83. The molecule has 8 aromatic carbocycles. The fourth-order valence-corrected chi connectivity index (χ4v) is 7.37. The SMILES string of the molecule is c1ccc2c(c1)-c1cccc3cc(-c4ccc5cc(-c6cccc7c6ccc6c8ccccc8oc76)ccc5c4)cc-2c13. The molecule has 9 aromatic rings. The summed E-state index contributed by atoms with van der Waals surface area (Å²) >= 11 is 0. The Morgan fingerprint density at radius 3 is 1.86 bits per heavy atom. The maximum absolute atomic E-state index is 6.35. The molecule has 0 saturated carbocycles. The zero-order valence-electron chi connectivity index (χ0n) is 23.3. The molecule has 1 aliphatic rings. The zero-order valence-corrected chi connectivity index (χ0v) is 23.3. The van der Waals surface area contributed by atoms with Crippen molar-refractivity contribution in [3.05, 3.63) is 146 Å². The Hall–Kier alpha value is -5.66. The first-order valence-corrected chi connectivity index (χ1v) is 14.8. The smallest absolute Gasteiger partial charge is 0.143 e. The third-order valence-corrected chi connectivity index (χ3v) is 9.37. The molecule has 0 radical (unpaired) electrons. The summed E-state index contributed by atoms with van der Waals surface area (Å²) in [6.45, 7) is 0. The van der Waals surface area contributed by atoms with E-state index in [2.05, 4.69) is 133 Å². The molecule has 0 spiro atoms. The van der Waals surface area contributed by atoms with Gasteiger partial charge in [-0.3, -0.25) is 0 Å². The van der Waals surface area contributed by atoms with Gasteiger partial charge in [-0.2, -0.15) is 0 Å². The van der Waals surface area contributed by atoms with Crippen LogP contribution in [0.2, 0.25) is 0 Å². The molecule has 0 N–H and O–H groups in total. The van der Waals surface area contributed by atoms with Crippen molar-refractivity contribution >= 4 is 54.3 Å². The highest BCUT2D eigenvalue weighted by Crippen LogP contribution is 2.48. The van der Waals surface area contributed by atoms with Crippen LogP contribution >= 0.6 is 0 Å². The number of hydrogen-bond acceptors (Lipinski definition) is 1. The van der Waals surface area contributed by atoms with Gasteiger partial charge < -0.3 is 4.42 Å². The van der Waals surface area contributed by atoms with Crippen molar-refractivity contribution in [3.8, 4) is 44.5 Å². The van der Waals surface area contributed by atoms with Crippen LogP contribution < -0.4 is 0 Å². The summed E-state index contributed by atoms with van der Waals surface area (Å²) < 4.78 is 6.35. The Morgan fingerprint density at radius 2 is 0.953 bits per heavy atom. The van der Waals surface area contributed by atoms with Crippen LogP contribution in [0.5, 0.6) is 0 Å². The molecule has 10 rings (SSSR count). The summed E-state index contributed by atoms with van der Waals surface area (Å²) in [5.41, 5.74) is 12.2. The van der Waals surface area contributed by atoms with Gasteiger partial charge in [0.15, 0.2) is 0 Å². The van der Waals surface area contributed by atoms with Gasteiger partial charge in [0, 0.05) is 16.2 Å². The van der Waals surface area contributed by atoms with Gasteiger partial charge in [0.05, 0.1) is 0 Å². The van der Waals surface area contributed by atoms with Crippen LogP contribution in [0.4, 0.5) is 0 Å². The van der Waals surface area contributed by atoms with E-state index in [1.807, 2.05) is 12.1 Å². The quantitative estimate of drug-likeness (QED) is 0.211. The molecular weight excluding hydrogens is 520 g/mol. The van der Waals surface area contributed by atoms with Crippen molar-refractivity contribution in [2.24, 2.45) is 0 Å². The molecule has 1 heteroatoms. The summed E-state index contributed by atoms with van der Waals surface area (Å²) in [6.07, 6.45) is 0. The van der Waals surface area contributed by atoms with Crippen LogP contribution in [0.3, 0.4) is 0 Å². The topological polar surface area (TPSA) is 13.1 Å². The molecule has 0 atom stereocenters. The second-order valence-corrected chi connectivity index (χ2v) is 11.7. The summed E-state index contributed by atoms with van der Waals surface area (Å²) in [7, 11) is 0. The van der Waals surface area contributed by atoms with Gasteiger partial charge in [-0.1, -0.05) is 109 Å². The highest BCUT2D eigenvalue weighted by Gasteiger charge is 2.21. The lowest BCUT2D eigenvalue weighted by Gasteiger charge is -2.11. The average molecular weight is 545 g/mol. The van der Waals surface area contributed by atoms with Crippen molar-refractivity contribution in [2.75, 3.05) is 0 Å². The van der Waals surface area contributed by atoms with Crippen LogP contribution in [-0.4, -0.2) is 0 Å². The maximum Gasteiger partial charge on any atom is 0.143 e. The average Bonchev–Trinajstić information content (AvgIpc) is 3.61. The molecule has 1 aromatic heterocycles. The molecule has 1 aliphatic carbocycles. The Morgan fingerprint density at radius 1 is 0.326 bits per heavy atom. The molecule has 0 bridgehead atoms. The second-order valence-electron chi connectivity index (χ2n) is 11.7. The Kier molecular flexibility index (Phi) is 4.51. The minimum atomic E-state index is 0.932. The van der Waals surface area contributed by atoms with E-state index in [1.165, 1.54) is 76.8 Å². The van der Waals surface area contributed by atoms with Gasteiger partial charge >= 0.3 is 0 Å². The molecular formula is C42H24O. The lowest BCUT2D eigenvalue weighted by molar-refractivity contribution is 0.672. The molecule has 198 valence electrons. The van der Waals surface area contributed by atoms with Gasteiger partial charge in [-0.05, 0) is 108 Å². The van der Waals surface area contributed by atoms with E-state index in [-0.39, 0.29) is 0 Å². The van der Waals surface area contributed by atoms with E-state index in [1.54, 1.807) is 0 Å². The first-order valence-electron chi connectivity index (χ1n) is 14.8. The zero-order chi connectivity index (χ0) is 28.1. The number of rotatable bonds is 2. The summed E-state index contributed by atoms with van der Waals surface area (Å²) in [6, 6.07) is 53.2. The van der Waals surface area contributed by atoms with Crippen LogP contribution in [0.15, 0.2) is 150 Å². The molecule has 0 fully saturated rings. The van der Waals surface area contributed by atoms with E-state index in [0.717, 1.165) is 21.9 Å². The Bertz CT molecular complexity index is 2620. The highest BCUT2D eigenvalue weighted by molar-refractivity contribution is 6.18. The van der Waals surface area contributed by atoms with Crippen molar-refractivity contribution in [2.45, 2.75) is 0 Å². The third kappa shape index (κ3) is 3.22. The standard InChI is InChI=1S/C42H24O/c1-2-9-33-32(8-1)36-12-5-7-29-23-30(24-39(33)41(29)36)27-16-15-26-22-28(18-17-25(26)21-27)31-11-6-13-37-34(31)19-20-38-35-10-3-4-14-40(35)43-42(37)38/h1-24H. The number of furan rings is 1. The number of hydrogen-bond donors (Lipinski definition) is 0. The molecule has 43 heavy (non-hydrogen) atoms. The monoisotopic (exact) mass is 544 g/mol. The van der Waals surface area contributed by atoms with Crippen LogP contribution in [0.25, 0.3) is 98.8 Å². The van der Waals surface area contributed by atoms with E-state index >= 15 is 0 Å². The fourth-order valence-electron chi connectivity index (χ4n) is 7.37. The predicted molar refractivity (Wildman–Crippen MR) is 182 cm³/mol. The van der Waals surface area contributed by atoms with Crippen LogP contribution in [0.1, 0.15) is 0 Å². The summed E-state index contributed by atoms with van der Waals surface area (Å²) in [4.78, 5) is 0. The molecule has 0 amide bonds.